The lowest BCUT2D eigenvalue weighted by Gasteiger charge is -1.93. The van der Waals surface area contributed by atoms with Gasteiger partial charge in [-0.2, -0.15) is 0 Å². The maximum Gasteiger partial charge on any atom is 0.123 e. The van der Waals surface area contributed by atoms with Gasteiger partial charge in [-0.1, -0.05) is 44.2 Å². The zero-order valence-electron chi connectivity index (χ0n) is 9.16. The molecule has 0 bridgehead atoms. The van der Waals surface area contributed by atoms with Crippen LogP contribution in [0.2, 0.25) is 0 Å². The molecule has 0 amide bonds. The Morgan fingerprint density at radius 3 is 2.33 bits per heavy atom. The van der Waals surface area contributed by atoms with Gasteiger partial charge in [-0.3, -0.25) is 0 Å². The van der Waals surface area contributed by atoms with Crippen molar-refractivity contribution in [1.82, 2.24) is 4.98 Å². The quantitative estimate of drug-likeness (QED) is 0.759. The van der Waals surface area contributed by atoms with E-state index in [-0.39, 0.29) is 0 Å². The largest absolute Gasteiger partial charge is 0.241 e. The van der Waals surface area contributed by atoms with Crippen LogP contribution in [0.1, 0.15) is 24.4 Å². The number of hydrogen-bond acceptors (Lipinski definition) is 2. The number of aryl methyl sites for hydroxylation is 2. The lowest BCUT2D eigenvalue weighted by atomic mass is 10.2. The summed E-state index contributed by atoms with van der Waals surface area (Å²) in [6.07, 6.45) is 2.13. The number of aromatic nitrogens is 1. The molecule has 0 atom stereocenters. The van der Waals surface area contributed by atoms with Gasteiger partial charge in [-0.05, 0) is 12.8 Å². The van der Waals surface area contributed by atoms with E-state index in [0.29, 0.717) is 0 Å². The van der Waals surface area contributed by atoms with E-state index in [1.165, 1.54) is 16.1 Å². The van der Waals surface area contributed by atoms with Crippen LogP contribution in [-0.2, 0) is 12.8 Å². The molecule has 0 aliphatic carbocycles. The highest BCUT2D eigenvalue weighted by Gasteiger charge is 2.08. The molecule has 0 saturated carbocycles. The molecule has 15 heavy (non-hydrogen) atoms. The van der Waals surface area contributed by atoms with E-state index in [9.17, 15) is 0 Å². The minimum atomic E-state index is 1.03. The van der Waals surface area contributed by atoms with Gasteiger partial charge in [0.05, 0.1) is 5.69 Å². The van der Waals surface area contributed by atoms with Crippen molar-refractivity contribution in [1.29, 1.82) is 0 Å². The fraction of sp³-hybridized carbons (Fsp3) is 0.308. The molecule has 0 unspecified atom stereocenters. The summed E-state index contributed by atoms with van der Waals surface area (Å²) in [4.78, 5) is 6.12. The third-order valence-corrected chi connectivity index (χ3v) is 3.75. The molecular formula is C13H15NS. The highest BCUT2D eigenvalue weighted by Crippen LogP contribution is 2.28. The average molecular weight is 217 g/mol. The van der Waals surface area contributed by atoms with Crippen molar-refractivity contribution < 1.29 is 0 Å². The minimum absolute atomic E-state index is 1.03. The summed E-state index contributed by atoms with van der Waals surface area (Å²) in [5.41, 5.74) is 2.50. The summed E-state index contributed by atoms with van der Waals surface area (Å²) >= 11 is 1.83. The molecule has 0 aliphatic heterocycles. The first-order valence-electron chi connectivity index (χ1n) is 5.39. The molecule has 2 rings (SSSR count). The lowest BCUT2D eigenvalue weighted by Crippen LogP contribution is -1.85. The molecule has 78 valence electrons. The first-order valence-corrected chi connectivity index (χ1v) is 6.20. The van der Waals surface area contributed by atoms with Crippen molar-refractivity contribution in [3.63, 3.8) is 0 Å². The van der Waals surface area contributed by atoms with E-state index in [4.69, 9.17) is 0 Å². The second-order valence-corrected chi connectivity index (χ2v) is 4.55. The van der Waals surface area contributed by atoms with Gasteiger partial charge in [0.1, 0.15) is 5.01 Å². The Labute approximate surface area is 94.8 Å². The molecule has 0 aliphatic rings. The second-order valence-electron chi connectivity index (χ2n) is 3.46. The molecule has 1 nitrogen and oxygen atoms in total. The number of hydrogen-bond donors (Lipinski definition) is 0. The van der Waals surface area contributed by atoms with E-state index in [1.54, 1.807) is 0 Å². The Kier molecular flexibility index (Phi) is 3.17. The smallest absolute Gasteiger partial charge is 0.123 e. The molecule has 0 N–H and O–H groups in total. The van der Waals surface area contributed by atoms with Crippen molar-refractivity contribution in [3.8, 4) is 10.6 Å². The van der Waals surface area contributed by atoms with Crippen molar-refractivity contribution in [3.05, 3.63) is 40.9 Å². The van der Waals surface area contributed by atoms with Gasteiger partial charge in [-0.25, -0.2) is 4.98 Å². The number of thiazole rings is 1. The van der Waals surface area contributed by atoms with Crippen LogP contribution in [0.25, 0.3) is 10.6 Å². The molecule has 1 heterocycles. The fourth-order valence-electron chi connectivity index (χ4n) is 1.64. The summed E-state index contributed by atoms with van der Waals surface area (Å²) in [5.74, 6) is 0. The van der Waals surface area contributed by atoms with Crippen LogP contribution < -0.4 is 0 Å². The third kappa shape index (κ3) is 2.10. The van der Waals surface area contributed by atoms with Gasteiger partial charge >= 0.3 is 0 Å². The Morgan fingerprint density at radius 1 is 1.07 bits per heavy atom. The van der Waals surface area contributed by atoms with E-state index in [1.807, 2.05) is 17.4 Å². The molecule has 0 radical (unpaired) electrons. The SMILES string of the molecule is CCc1nc(-c2ccccc2)sc1CC. The minimum Gasteiger partial charge on any atom is -0.241 e. The van der Waals surface area contributed by atoms with Gasteiger partial charge in [0.25, 0.3) is 0 Å². The molecule has 2 heteroatoms. The van der Waals surface area contributed by atoms with Crippen LogP contribution >= 0.6 is 11.3 Å². The molecule has 0 saturated heterocycles. The van der Waals surface area contributed by atoms with Crippen molar-refractivity contribution in [2.24, 2.45) is 0 Å². The second kappa shape index (κ2) is 4.58. The predicted octanol–water partition coefficient (Wildman–Crippen LogP) is 3.93. The molecule has 1 aromatic heterocycles. The van der Waals surface area contributed by atoms with Crippen LogP contribution in [-0.4, -0.2) is 4.98 Å². The average Bonchev–Trinajstić information content (AvgIpc) is 2.73. The van der Waals surface area contributed by atoms with Crippen LogP contribution in [0.5, 0.6) is 0 Å². The highest BCUT2D eigenvalue weighted by molar-refractivity contribution is 7.15. The summed E-state index contributed by atoms with van der Waals surface area (Å²) in [6, 6.07) is 10.4. The zero-order valence-corrected chi connectivity index (χ0v) is 9.97. The number of benzene rings is 1. The Balaban J connectivity index is 2.42. The molecular weight excluding hydrogens is 202 g/mol. The normalized spacial score (nSPS) is 10.5. The van der Waals surface area contributed by atoms with Gasteiger partial charge < -0.3 is 0 Å². The molecule has 1 aromatic carbocycles. The molecule has 0 spiro atoms. The standard InChI is InChI=1S/C13H15NS/c1-3-11-12(4-2)15-13(14-11)10-8-6-5-7-9-10/h5-9H,3-4H2,1-2H3. The summed E-state index contributed by atoms with van der Waals surface area (Å²) in [5, 5.41) is 1.16. The maximum absolute atomic E-state index is 4.69. The summed E-state index contributed by atoms with van der Waals surface area (Å²) < 4.78 is 0. The van der Waals surface area contributed by atoms with Crippen LogP contribution in [0.15, 0.2) is 30.3 Å². The van der Waals surface area contributed by atoms with Gasteiger partial charge in [0, 0.05) is 10.4 Å². The van der Waals surface area contributed by atoms with E-state index in [2.05, 4.69) is 43.1 Å². The first-order chi connectivity index (χ1) is 7.35. The van der Waals surface area contributed by atoms with Crippen LogP contribution in [0.3, 0.4) is 0 Å². The third-order valence-electron chi connectivity index (χ3n) is 2.45. The van der Waals surface area contributed by atoms with Gasteiger partial charge in [0.15, 0.2) is 0 Å². The van der Waals surface area contributed by atoms with E-state index < -0.39 is 0 Å². The Hall–Kier alpha value is -1.15. The van der Waals surface area contributed by atoms with Crippen molar-refractivity contribution >= 4 is 11.3 Å². The topological polar surface area (TPSA) is 12.9 Å². The summed E-state index contributed by atoms with van der Waals surface area (Å²) in [7, 11) is 0. The number of nitrogens with zero attached hydrogens (tertiary/aromatic N) is 1. The zero-order chi connectivity index (χ0) is 10.7. The first kappa shape index (κ1) is 10.4. The Morgan fingerprint density at radius 2 is 1.80 bits per heavy atom. The molecule has 2 aromatic rings. The van der Waals surface area contributed by atoms with Crippen LogP contribution in [0, 0.1) is 0 Å². The van der Waals surface area contributed by atoms with Gasteiger partial charge in [-0.15, -0.1) is 11.3 Å². The fourth-order valence-corrected chi connectivity index (χ4v) is 2.74. The Bertz CT molecular complexity index is 410. The van der Waals surface area contributed by atoms with E-state index in [0.717, 1.165) is 17.8 Å². The molecule has 0 fully saturated rings. The van der Waals surface area contributed by atoms with Crippen molar-refractivity contribution in [2.75, 3.05) is 0 Å². The van der Waals surface area contributed by atoms with Crippen molar-refractivity contribution in [2.45, 2.75) is 26.7 Å². The van der Waals surface area contributed by atoms with Gasteiger partial charge in [0.2, 0.25) is 0 Å². The lowest BCUT2D eigenvalue weighted by molar-refractivity contribution is 1.01. The highest BCUT2D eigenvalue weighted by atomic mass is 32.1. The monoisotopic (exact) mass is 217 g/mol. The predicted molar refractivity (Wildman–Crippen MR) is 66.3 cm³/mol. The summed E-state index contributed by atoms with van der Waals surface area (Å²) in [6.45, 7) is 4.37. The van der Waals surface area contributed by atoms with E-state index >= 15 is 0 Å². The maximum atomic E-state index is 4.69. The van der Waals surface area contributed by atoms with Crippen LogP contribution in [0.4, 0.5) is 0 Å². The number of rotatable bonds is 3.